The van der Waals surface area contributed by atoms with E-state index >= 15 is 0 Å². The van der Waals surface area contributed by atoms with E-state index in [1.54, 1.807) is 12.2 Å². The van der Waals surface area contributed by atoms with Gasteiger partial charge in [0.25, 0.3) is 0 Å². The second-order valence-electron chi connectivity index (χ2n) is 6.42. The second kappa shape index (κ2) is 8.19. The highest BCUT2D eigenvalue weighted by Crippen LogP contribution is 2.20. The number of ketones is 1. The van der Waals surface area contributed by atoms with Gasteiger partial charge in [0.15, 0.2) is 5.78 Å². The van der Waals surface area contributed by atoms with Gasteiger partial charge in [0.05, 0.1) is 4.88 Å². The van der Waals surface area contributed by atoms with Gasteiger partial charge in [-0.3, -0.25) is 4.79 Å². The maximum Gasteiger partial charge on any atom is 0.195 e. The molecule has 2 aromatic heterocycles. The first-order valence-electron chi connectivity index (χ1n) is 8.61. The molecule has 3 nitrogen and oxygen atoms in total. The topological polar surface area (TPSA) is 39.4 Å². The summed E-state index contributed by atoms with van der Waals surface area (Å²) < 4.78 is 11.5. The number of carbonyl (C=O) groups excluding carboxylic acids is 1. The van der Waals surface area contributed by atoms with E-state index < -0.39 is 0 Å². The molecule has 0 spiro atoms. The molecule has 134 valence electrons. The zero-order valence-corrected chi connectivity index (χ0v) is 16.0. The lowest BCUT2D eigenvalue weighted by Crippen LogP contribution is -1.94. The summed E-state index contributed by atoms with van der Waals surface area (Å²) in [5.41, 5.74) is 1.29. The van der Waals surface area contributed by atoms with Crippen molar-refractivity contribution in [1.82, 2.24) is 0 Å². The lowest BCUT2D eigenvalue weighted by atomic mass is 10.0. The smallest absolute Gasteiger partial charge is 0.195 e. The highest BCUT2D eigenvalue weighted by Gasteiger charge is 2.06. The monoisotopic (exact) mass is 366 g/mol. The SMILES string of the molecule is Cc1ccc(C(=O)/C=C/c2ccc(COc3ccc(C(C)C)cc3)o2)s1. The molecule has 26 heavy (non-hydrogen) atoms. The minimum Gasteiger partial charge on any atom is -0.486 e. The van der Waals surface area contributed by atoms with Crippen LogP contribution in [-0.2, 0) is 6.61 Å². The Bertz CT molecular complexity index is 898. The van der Waals surface area contributed by atoms with E-state index in [9.17, 15) is 4.79 Å². The fourth-order valence-electron chi connectivity index (χ4n) is 2.47. The van der Waals surface area contributed by atoms with Gasteiger partial charge in [0.1, 0.15) is 23.9 Å². The van der Waals surface area contributed by atoms with Crippen LogP contribution in [0.15, 0.2) is 59.0 Å². The molecule has 0 aliphatic carbocycles. The Kier molecular flexibility index (Phi) is 5.74. The maximum atomic E-state index is 12.1. The molecule has 0 aliphatic rings. The predicted molar refractivity (Wildman–Crippen MR) is 106 cm³/mol. The first-order chi connectivity index (χ1) is 12.5. The zero-order chi connectivity index (χ0) is 18.5. The van der Waals surface area contributed by atoms with Crippen LogP contribution in [0.3, 0.4) is 0 Å². The number of thiophene rings is 1. The van der Waals surface area contributed by atoms with Crippen LogP contribution in [-0.4, -0.2) is 5.78 Å². The molecular formula is C22H22O3S. The number of benzene rings is 1. The largest absolute Gasteiger partial charge is 0.486 e. The normalized spacial score (nSPS) is 11.4. The molecule has 0 N–H and O–H groups in total. The van der Waals surface area contributed by atoms with E-state index in [0.29, 0.717) is 18.3 Å². The molecule has 0 saturated carbocycles. The van der Waals surface area contributed by atoms with E-state index in [4.69, 9.17) is 9.15 Å². The van der Waals surface area contributed by atoms with Crippen molar-refractivity contribution >= 4 is 23.2 Å². The number of ether oxygens (including phenoxy) is 1. The van der Waals surface area contributed by atoms with Crippen molar-refractivity contribution in [2.45, 2.75) is 33.3 Å². The van der Waals surface area contributed by atoms with Gasteiger partial charge < -0.3 is 9.15 Å². The molecule has 0 unspecified atom stereocenters. The molecule has 1 aromatic carbocycles. The highest BCUT2D eigenvalue weighted by atomic mass is 32.1. The molecule has 0 atom stereocenters. The molecule has 0 amide bonds. The quantitative estimate of drug-likeness (QED) is 0.366. The Morgan fingerprint density at radius 1 is 1.12 bits per heavy atom. The lowest BCUT2D eigenvalue weighted by molar-refractivity contribution is 0.105. The first-order valence-corrected chi connectivity index (χ1v) is 9.43. The minimum absolute atomic E-state index is 0.0115. The van der Waals surface area contributed by atoms with Crippen LogP contribution < -0.4 is 4.74 Å². The summed E-state index contributed by atoms with van der Waals surface area (Å²) in [5.74, 6) is 2.66. The summed E-state index contributed by atoms with van der Waals surface area (Å²) in [6.07, 6.45) is 3.23. The molecular weight excluding hydrogens is 344 g/mol. The second-order valence-corrected chi connectivity index (χ2v) is 7.71. The Morgan fingerprint density at radius 3 is 2.54 bits per heavy atom. The molecule has 0 aliphatic heterocycles. The fraction of sp³-hybridized carbons (Fsp3) is 0.227. The third-order valence-electron chi connectivity index (χ3n) is 3.99. The van der Waals surface area contributed by atoms with Gasteiger partial charge in [0.2, 0.25) is 0 Å². The van der Waals surface area contributed by atoms with Crippen molar-refractivity contribution in [2.75, 3.05) is 0 Å². The van der Waals surface area contributed by atoms with Gasteiger partial charge in [-0.15, -0.1) is 11.3 Å². The van der Waals surface area contributed by atoms with Gasteiger partial charge in [0, 0.05) is 4.88 Å². The Morgan fingerprint density at radius 2 is 1.88 bits per heavy atom. The molecule has 0 bridgehead atoms. The summed E-state index contributed by atoms with van der Waals surface area (Å²) in [6.45, 7) is 6.67. The van der Waals surface area contributed by atoms with Gasteiger partial charge in [-0.2, -0.15) is 0 Å². The van der Waals surface area contributed by atoms with Crippen LogP contribution in [0.25, 0.3) is 6.08 Å². The summed E-state index contributed by atoms with van der Waals surface area (Å²) >= 11 is 1.49. The van der Waals surface area contributed by atoms with Crippen molar-refractivity contribution in [3.05, 3.63) is 81.4 Å². The molecule has 0 fully saturated rings. The zero-order valence-electron chi connectivity index (χ0n) is 15.2. The number of hydrogen-bond donors (Lipinski definition) is 0. The lowest BCUT2D eigenvalue weighted by Gasteiger charge is -2.07. The van der Waals surface area contributed by atoms with E-state index in [0.717, 1.165) is 21.3 Å². The Labute approximate surface area is 157 Å². The first kappa shape index (κ1) is 18.2. The van der Waals surface area contributed by atoms with Crippen LogP contribution in [0.1, 0.15) is 51.4 Å². The Hall–Kier alpha value is -2.59. The number of aryl methyl sites for hydroxylation is 1. The molecule has 2 heterocycles. The maximum absolute atomic E-state index is 12.1. The van der Waals surface area contributed by atoms with Gasteiger partial charge in [-0.1, -0.05) is 26.0 Å². The predicted octanol–water partition coefficient (Wildman–Crippen LogP) is 6.25. The van der Waals surface area contributed by atoms with E-state index in [1.165, 1.54) is 16.9 Å². The molecule has 0 saturated heterocycles. The number of carbonyl (C=O) groups is 1. The standard InChI is InChI=1S/C22H22O3S/c1-15(2)17-5-7-18(8-6-17)24-14-20-10-9-19(25-20)11-12-21(23)22-13-4-16(3)26-22/h4-13,15H,14H2,1-3H3/b12-11+. The third-order valence-corrected chi connectivity index (χ3v) is 5.01. The van der Waals surface area contributed by atoms with Crippen LogP contribution >= 0.6 is 11.3 Å². The highest BCUT2D eigenvalue weighted by molar-refractivity contribution is 7.14. The van der Waals surface area contributed by atoms with Crippen LogP contribution in [0.5, 0.6) is 5.75 Å². The minimum atomic E-state index is -0.0115. The summed E-state index contributed by atoms with van der Waals surface area (Å²) in [6, 6.07) is 15.6. The molecule has 0 radical (unpaired) electrons. The molecule has 3 aromatic rings. The fourth-order valence-corrected chi connectivity index (χ4v) is 3.26. The van der Waals surface area contributed by atoms with Crippen molar-refractivity contribution in [3.8, 4) is 5.75 Å². The van der Waals surface area contributed by atoms with Crippen LogP contribution in [0.4, 0.5) is 0 Å². The summed E-state index contributed by atoms with van der Waals surface area (Å²) in [4.78, 5) is 13.9. The van der Waals surface area contributed by atoms with Crippen molar-refractivity contribution < 1.29 is 13.9 Å². The van der Waals surface area contributed by atoms with E-state index in [-0.39, 0.29) is 5.78 Å². The summed E-state index contributed by atoms with van der Waals surface area (Å²) in [7, 11) is 0. The van der Waals surface area contributed by atoms with Crippen LogP contribution in [0.2, 0.25) is 0 Å². The van der Waals surface area contributed by atoms with Gasteiger partial charge >= 0.3 is 0 Å². The number of rotatable bonds is 7. The molecule has 4 heteroatoms. The van der Waals surface area contributed by atoms with E-state index in [2.05, 4.69) is 26.0 Å². The van der Waals surface area contributed by atoms with Crippen molar-refractivity contribution in [3.63, 3.8) is 0 Å². The van der Waals surface area contributed by atoms with Crippen LogP contribution in [0, 0.1) is 6.92 Å². The number of allylic oxidation sites excluding steroid dienone is 1. The Balaban J connectivity index is 1.56. The molecule has 3 rings (SSSR count). The van der Waals surface area contributed by atoms with Gasteiger partial charge in [-0.05, 0) is 67.0 Å². The number of furan rings is 1. The summed E-state index contributed by atoms with van der Waals surface area (Å²) in [5, 5.41) is 0. The van der Waals surface area contributed by atoms with Crippen molar-refractivity contribution in [1.29, 1.82) is 0 Å². The van der Waals surface area contributed by atoms with Crippen molar-refractivity contribution in [2.24, 2.45) is 0 Å². The third kappa shape index (κ3) is 4.73. The average Bonchev–Trinajstić information content (AvgIpc) is 3.27. The van der Waals surface area contributed by atoms with E-state index in [1.807, 2.05) is 43.3 Å². The average molecular weight is 366 g/mol. The van der Waals surface area contributed by atoms with Gasteiger partial charge in [-0.25, -0.2) is 0 Å². The number of hydrogen-bond acceptors (Lipinski definition) is 4.